The molecule has 0 aliphatic heterocycles. The van der Waals surface area contributed by atoms with Crippen molar-refractivity contribution in [3.63, 3.8) is 0 Å². The van der Waals surface area contributed by atoms with Crippen LogP contribution in [0, 0.1) is 0 Å². The number of benzene rings is 2. The van der Waals surface area contributed by atoms with E-state index in [1.54, 1.807) is 18.5 Å². The first-order valence-electron chi connectivity index (χ1n) is 7.42. The second kappa shape index (κ2) is 5.09. The van der Waals surface area contributed by atoms with Crippen LogP contribution in [0.1, 0.15) is 15.9 Å². The van der Waals surface area contributed by atoms with Crippen LogP contribution in [0.25, 0.3) is 22.1 Å². The highest BCUT2D eigenvalue weighted by atomic mass is 16.4. The number of rotatable bonds is 3. The lowest BCUT2D eigenvalue weighted by molar-refractivity contribution is 0.0697. The molecule has 0 radical (unpaired) electrons. The van der Waals surface area contributed by atoms with E-state index in [1.165, 1.54) is 6.07 Å². The number of carboxylic acids is 1. The predicted molar refractivity (Wildman–Crippen MR) is 90.9 cm³/mol. The second-order valence-corrected chi connectivity index (χ2v) is 5.71. The summed E-state index contributed by atoms with van der Waals surface area (Å²) in [6.07, 6.45) is 1.77. The molecule has 7 nitrogen and oxygen atoms in total. The standard InChI is InChI=1S/C17H15N5O2/c1-21-9-19-15-11(3-2-4-13(15)21)8-22-14-7-10(16(23)24)5-6-12(14)20-17(22)18/h2-7,9H,8H2,1H3,(H2,18,20)(H,23,24). The molecule has 0 saturated heterocycles. The Bertz CT molecular complexity index is 1090. The quantitative estimate of drug-likeness (QED) is 0.603. The molecule has 3 N–H and O–H groups in total. The van der Waals surface area contributed by atoms with E-state index in [0.29, 0.717) is 23.5 Å². The van der Waals surface area contributed by atoms with Gasteiger partial charge in [-0.2, -0.15) is 0 Å². The molecule has 0 spiro atoms. The van der Waals surface area contributed by atoms with Crippen molar-refractivity contribution in [2.24, 2.45) is 7.05 Å². The first-order valence-corrected chi connectivity index (χ1v) is 7.42. The number of aromatic nitrogens is 4. The maximum Gasteiger partial charge on any atom is 0.335 e. The molecule has 0 unspecified atom stereocenters. The van der Waals surface area contributed by atoms with E-state index < -0.39 is 5.97 Å². The van der Waals surface area contributed by atoms with Crippen LogP contribution >= 0.6 is 0 Å². The van der Waals surface area contributed by atoms with E-state index in [0.717, 1.165) is 16.6 Å². The van der Waals surface area contributed by atoms with Gasteiger partial charge in [0.05, 0.1) is 40.5 Å². The molecule has 2 aromatic carbocycles. The highest BCUT2D eigenvalue weighted by Crippen LogP contribution is 2.24. The molecular weight excluding hydrogens is 306 g/mol. The highest BCUT2D eigenvalue weighted by Gasteiger charge is 2.14. The fourth-order valence-corrected chi connectivity index (χ4v) is 2.96. The summed E-state index contributed by atoms with van der Waals surface area (Å²) in [5.74, 6) is -0.629. The molecule has 0 fully saturated rings. The summed E-state index contributed by atoms with van der Waals surface area (Å²) in [5, 5.41) is 9.20. The van der Waals surface area contributed by atoms with Gasteiger partial charge in [-0.3, -0.25) is 0 Å². The average Bonchev–Trinajstić information content (AvgIpc) is 3.09. The summed E-state index contributed by atoms with van der Waals surface area (Å²) in [4.78, 5) is 20.0. The van der Waals surface area contributed by atoms with Crippen LogP contribution in [0.5, 0.6) is 0 Å². The maximum atomic E-state index is 11.2. The van der Waals surface area contributed by atoms with Crippen LogP contribution in [0.4, 0.5) is 5.95 Å². The number of hydrogen-bond donors (Lipinski definition) is 2. The van der Waals surface area contributed by atoms with Gasteiger partial charge in [-0.25, -0.2) is 14.8 Å². The zero-order valence-corrected chi connectivity index (χ0v) is 13.0. The minimum Gasteiger partial charge on any atom is -0.478 e. The van der Waals surface area contributed by atoms with Crippen molar-refractivity contribution in [1.82, 2.24) is 19.1 Å². The van der Waals surface area contributed by atoms with Crippen molar-refractivity contribution >= 4 is 34.0 Å². The number of aryl methyl sites for hydroxylation is 1. The Labute approximate surface area is 137 Å². The van der Waals surface area contributed by atoms with Gasteiger partial charge in [-0.05, 0) is 29.8 Å². The van der Waals surface area contributed by atoms with Crippen LogP contribution in [0.3, 0.4) is 0 Å². The van der Waals surface area contributed by atoms with Crippen LogP contribution in [0.15, 0.2) is 42.7 Å². The molecule has 4 rings (SSSR count). The van der Waals surface area contributed by atoms with Crippen molar-refractivity contribution in [3.8, 4) is 0 Å². The lowest BCUT2D eigenvalue weighted by Crippen LogP contribution is -2.05. The van der Waals surface area contributed by atoms with Gasteiger partial charge in [-0.1, -0.05) is 12.1 Å². The summed E-state index contributed by atoms with van der Waals surface area (Å²) < 4.78 is 3.77. The molecule has 24 heavy (non-hydrogen) atoms. The van der Waals surface area contributed by atoms with E-state index >= 15 is 0 Å². The predicted octanol–water partition coefficient (Wildman–Crippen LogP) is 2.25. The Balaban J connectivity index is 1.88. The Morgan fingerprint density at radius 3 is 2.88 bits per heavy atom. The van der Waals surface area contributed by atoms with Gasteiger partial charge in [0.25, 0.3) is 0 Å². The Hall–Kier alpha value is -3.35. The lowest BCUT2D eigenvalue weighted by atomic mass is 10.1. The van der Waals surface area contributed by atoms with Gasteiger partial charge >= 0.3 is 5.97 Å². The van der Waals surface area contributed by atoms with Crippen molar-refractivity contribution in [2.75, 3.05) is 5.73 Å². The highest BCUT2D eigenvalue weighted by molar-refractivity contribution is 5.93. The monoisotopic (exact) mass is 321 g/mol. The van der Waals surface area contributed by atoms with E-state index in [2.05, 4.69) is 9.97 Å². The summed E-state index contributed by atoms with van der Waals surface area (Å²) >= 11 is 0. The lowest BCUT2D eigenvalue weighted by Gasteiger charge is -2.08. The molecular formula is C17H15N5O2. The number of carboxylic acid groups (broad SMARTS) is 1. The number of para-hydroxylation sites is 1. The third kappa shape index (κ3) is 2.10. The molecule has 0 atom stereocenters. The molecule has 2 heterocycles. The molecule has 4 aromatic rings. The second-order valence-electron chi connectivity index (χ2n) is 5.71. The Morgan fingerprint density at radius 1 is 1.25 bits per heavy atom. The number of fused-ring (bicyclic) bond motifs is 2. The Morgan fingerprint density at radius 2 is 2.08 bits per heavy atom. The van der Waals surface area contributed by atoms with Crippen LogP contribution in [-0.4, -0.2) is 30.2 Å². The Kier molecular flexibility index (Phi) is 3.02. The topological polar surface area (TPSA) is 99.0 Å². The molecule has 0 saturated carbocycles. The minimum absolute atomic E-state index is 0.208. The number of anilines is 1. The van der Waals surface area contributed by atoms with Crippen LogP contribution in [-0.2, 0) is 13.6 Å². The molecule has 0 aliphatic rings. The van der Waals surface area contributed by atoms with Gasteiger partial charge in [0.2, 0.25) is 5.95 Å². The fourth-order valence-electron chi connectivity index (χ4n) is 2.96. The van der Waals surface area contributed by atoms with Crippen molar-refractivity contribution in [2.45, 2.75) is 6.54 Å². The summed E-state index contributed by atoms with van der Waals surface area (Å²) in [7, 11) is 1.94. The fraction of sp³-hybridized carbons (Fsp3) is 0.118. The smallest absolute Gasteiger partial charge is 0.335 e. The molecule has 0 amide bonds. The van der Waals surface area contributed by atoms with Gasteiger partial charge in [0.1, 0.15) is 0 Å². The molecule has 120 valence electrons. The molecule has 2 aromatic heterocycles. The number of carbonyl (C=O) groups is 1. The van der Waals surface area contributed by atoms with E-state index in [-0.39, 0.29) is 5.56 Å². The zero-order valence-electron chi connectivity index (χ0n) is 13.0. The number of nitrogens with two attached hydrogens (primary N) is 1. The number of hydrogen-bond acceptors (Lipinski definition) is 4. The minimum atomic E-state index is -0.977. The van der Waals surface area contributed by atoms with E-state index in [1.807, 2.05) is 34.4 Å². The van der Waals surface area contributed by atoms with Gasteiger partial charge in [0.15, 0.2) is 0 Å². The van der Waals surface area contributed by atoms with Crippen molar-refractivity contribution in [3.05, 3.63) is 53.9 Å². The van der Waals surface area contributed by atoms with Gasteiger partial charge in [0, 0.05) is 7.05 Å². The van der Waals surface area contributed by atoms with E-state index in [9.17, 15) is 9.90 Å². The summed E-state index contributed by atoms with van der Waals surface area (Å²) in [6.45, 7) is 0.472. The van der Waals surface area contributed by atoms with Crippen molar-refractivity contribution in [1.29, 1.82) is 0 Å². The number of nitrogen functional groups attached to an aromatic ring is 1. The van der Waals surface area contributed by atoms with E-state index in [4.69, 9.17) is 5.73 Å². The normalized spacial score (nSPS) is 11.4. The molecule has 0 aliphatic carbocycles. The molecule has 0 bridgehead atoms. The average molecular weight is 321 g/mol. The third-order valence-corrected chi connectivity index (χ3v) is 4.19. The largest absolute Gasteiger partial charge is 0.478 e. The SMILES string of the molecule is Cn1cnc2c(Cn3c(N)nc4ccc(C(=O)O)cc43)cccc21. The van der Waals surface area contributed by atoms with Crippen LogP contribution < -0.4 is 5.73 Å². The third-order valence-electron chi connectivity index (χ3n) is 4.19. The number of nitrogens with zero attached hydrogens (tertiary/aromatic N) is 4. The summed E-state index contributed by atoms with van der Waals surface area (Å²) in [5.41, 5.74) is 10.6. The van der Waals surface area contributed by atoms with Gasteiger partial charge < -0.3 is 20.0 Å². The van der Waals surface area contributed by atoms with Gasteiger partial charge in [-0.15, -0.1) is 0 Å². The number of aromatic carboxylic acids is 1. The summed E-state index contributed by atoms with van der Waals surface area (Å²) in [6, 6.07) is 10.8. The first-order chi connectivity index (χ1) is 11.5. The first kappa shape index (κ1) is 14.3. The maximum absolute atomic E-state index is 11.2. The number of imidazole rings is 2. The molecule has 7 heteroatoms. The van der Waals surface area contributed by atoms with Crippen LogP contribution in [0.2, 0.25) is 0 Å². The zero-order chi connectivity index (χ0) is 16.8. The van der Waals surface area contributed by atoms with Crippen molar-refractivity contribution < 1.29 is 9.90 Å².